The first kappa shape index (κ1) is 12.6. The molecule has 0 aromatic heterocycles. The quantitative estimate of drug-likeness (QED) is 0.548. The minimum Gasteiger partial charge on any atom is -0.493 e. The summed E-state index contributed by atoms with van der Waals surface area (Å²) in [6.07, 6.45) is 1.56. The molecule has 4 nitrogen and oxygen atoms in total. The van der Waals surface area contributed by atoms with E-state index in [-0.39, 0.29) is 6.61 Å². The van der Waals surface area contributed by atoms with E-state index < -0.39 is 0 Å². The van der Waals surface area contributed by atoms with Gasteiger partial charge in [0.15, 0.2) is 0 Å². The van der Waals surface area contributed by atoms with E-state index in [2.05, 4.69) is 0 Å². The maximum atomic E-state index is 8.64. The number of aliphatic hydroxyl groups is 1. The molecule has 1 aromatic carbocycles. The van der Waals surface area contributed by atoms with Crippen molar-refractivity contribution in [2.45, 2.75) is 19.8 Å². The normalized spacial score (nSPS) is 10.1. The van der Waals surface area contributed by atoms with Crippen molar-refractivity contribution in [1.29, 1.82) is 0 Å². The van der Waals surface area contributed by atoms with Gasteiger partial charge in [0.1, 0.15) is 11.5 Å². The van der Waals surface area contributed by atoms with Gasteiger partial charge in [0.2, 0.25) is 0 Å². The molecule has 90 valence electrons. The standard InChI is InChI=1S/C12H19NO3/c1-2-5-15-11-7-10(13)8-12(9-11)16-6-3-4-14/h7-9,14H,2-6,13H2,1H3. The Kier molecular flexibility index (Phi) is 5.50. The maximum absolute atomic E-state index is 8.64. The second kappa shape index (κ2) is 6.95. The summed E-state index contributed by atoms with van der Waals surface area (Å²) in [5.74, 6) is 1.40. The monoisotopic (exact) mass is 225 g/mol. The van der Waals surface area contributed by atoms with Crippen LogP contribution in [0.5, 0.6) is 11.5 Å². The molecule has 16 heavy (non-hydrogen) atoms. The molecule has 0 fully saturated rings. The average Bonchev–Trinajstić information content (AvgIpc) is 2.26. The van der Waals surface area contributed by atoms with Gasteiger partial charge in [-0.25, -0.2) is 0 Å². The van der Waals surface area contributed by atoms with Crippen molar-refractivity contribution in [2.75, 3.05) is 25.6 Å². The highest BCUT2D eigenvalue weighted by Gasteiger charge is 2.01. The SMILES string of the molecule is CCCOc1cc(N)cc(OCCCO)c1. The van der Waals surface area contributed by atoms with Crippen molar-refractivity contribution >= 4 is 5.69 Å². The van der Waals surface area contributed by atoms with Gasteiger partial charge in [-0.15, -0.1) is 0 Å². The molecule has 0 aliphatic carbocycles. The Morgan fingerprint density at radius 1 is 1.12 bits per heavy atom. The number of aliphatic hydroxyl groups excluding tert-OH is 1. The Morgan fingerprint density at radius 2 is 1.75 bits per heavy atom. The van der Waals surface area contributed by atoms with E-state index in [1.54, 1.807) is 12.1 Å². The number of anilines is 1. The van der Waals surface area contributed by atoms with Crippen molar-refractivity contribution in [3.63, 3.8) is 0 Å². The third kappa shape index (κ3) is 4.40. The Bertz CT molecular complexity index is 315. The molecule has 0 aliphatic rings. The lowest BCUT2D eigenvalue weighted by Gasteiger charge is -2.10. The van der Waals surface area contributed by atoms with Crippen molar-refractivity contribution in [1.82, 2.24) is 0 Å². The molecule has 0 radical (unpaired) electrons. The predicted molar refractivity (Wildman–Crippen MR) is 63.8 cm³/mol. The molecule has 0 aliphatic heterocycles. The lowest BCUT2D eigenvalue weighted by molar-refractivity contribution is 0.233. The van der Waals surface area contributed by atoms with Gasteiger partial charge in [-0.2, -0.15) is 0 Å². The zero-order valence-corrected chi connectivity index (χ0v) is 9.61. The number of nitrogens with two attached hydrogens (primary N) is 1. The molecule has 1 rings (SSSR count). The molecular weight excluding hydrogens is 206 g/mol. The van der Waals surface area contributed by atoms with Gasteiger partial charge in [0.05, 0.1) is 13.2 Å². The first-order valence-corrected chi connectivity index (χ1v) is 5.53. The number of hydrogen-bond acceptors (Lipinski definition) is 4. The summed E-state index contributed by atoms with van der Waals surface area (Å²) in [6.45, 7) is 3.32. The third-order valence-corrected chi connectivity index (χ3v) is 1.95. The Morgan fingerprint density at radius 3 is 2.31 bits per heavy atom. The molecule has 0 saturated heterocycles. The minimum absolute atomic E-state index is 0.126. The van der Waals surface area contributed by atoms with Gasteiger partial charge in [-0.1, -0.05) is 6.92 Å². The predicted octanol–water partition coefficient (Wildman–Crippen LogP) is 1.82. The molecule has 0 unspecified atom stereocenters. The Balaban J connectivity index is 2.58. The molecule has 0 atom stereocenters. The van der Waals surface area contributed by atoms with Crippen LogP contribution in [0.15, 0.2) is 18.2 Å². The van der Waals surface area contributed by atoms with Gasteiger partial charge in [-0.3, -0.25) is 0 Å². The molecule has 0 spiro atoms. The van der Waals surface area contributed by atoms with Crippen LogP contribution in [0, 0.1) is 0 Å². The molecule has 3 N–H and O–H groups in total. The van der Waals surface area contributed by atoms with E-state index in [4.69, 9.17) is 20.3 Å². The molecule has 0 bridgehead atoms. The molecule has 0 heterocycles. The first-order valence-electron chi connectivity index (χ1n) is 5.53. The van der Waals surface area contributed by atoms with Gasteiger partial charge in [0, 0.05) is 36.9 Å². The largest absolute Gasteiger partial charge is 0.493 e. The smallest absolute Gasteiger partial charge is 0.125 e. The Labute approximate surface area is 96.0 Å². The third-order valence-electron chi connectivity index (χ3n) is 1.95. The topological polar surface area (TPSA) is 64.7 Å². The number of rotatable bonds is 7. The lowest BCUT2D eigenvalue weighted by Crippen LogP contribution is -2.01. The van der Waals surface area contributed by atoms with Crippen molar-refractivity contribution in [3.8, 4) is 11.5 Å². The molecule has 0 amide bonds. The number of ether oxygens (including phenoxy) is 2. The summed E-state index contributed by atoms with van der Waals surface area (Å²) in [5.41, 5.74) is 6.34. The van der Waals surface area contributed by atoms with Gasteiger partial charge < -0.3 is 20.3 Å². The molecule has 1 aromatic rings. The van der Waals surface area contributed by atoms with Crippen LogP contribution in [0.4, 0.5) is 5.69 Å². The van der Waals surface area contributed by atoms with Crippen LogP contribution in [-0.4, -0.2) is 24.9 Å². The van der Waals surface area contributed by atoms with E-state index in [0.717, 1.165) is 12.2 Å². The summed E-state index contributed by atoms with van der Waals surface area (Å²) in [7, 11) is 0. The number of nitrogen functional groups attached to an aromatic ring is 1. The van der Waals surface area contributed by atoms with Crippen LogP contribution < -0.4 is 15.2 Å². The fraction of sp³-hybridized carbons (Fsp3) is 0.500. The van der Waals surface area contributed by atoms with Crippen LogP contribution in [0.2, 0.25) is 0 Å². The highest BCUT2D eigenvalue weighted by Crippen LogP contribution is 2.24. The van der Waals surface area contributed by atoms with Crippen molar-refractivity contribution < 1.29 is 14.6 Å². The summed E-state index contributed by atoms with van der Waals surface area (Å²) < 4.78 is 10.9. The molecule has 0 saturated carbocycles. The van der Waals surface area contributed by atoms with Crippen LogP contribution >= 0.6 is 0 Å². The van der Waals surface area contributed by atoms with Gasteiger partial charge in [0.25, 0.3) is 0 Å². The van der Waals surface area contributed by atoms with Gasteiger partial charge in [-0.05, 0) is 6.42 Å². The second-order valence-corrected chi connectivity index (χ2v) is 3.51. The molecule has 4 heteroatoms. The Hall–Kier alpha value is -1.42. The van der Waals surface area contributed by atoms with E-state index in [0.29, 0.717) is 31.1 Å². The highest BCUT2D eigenvalue weighted by molar-refractivity contribution is 5.50. The van der Waals surface area contributed by atoms with Crippen LogP contribution in [0.25, 0.3) is 0 Å². The summed E-state index contributed by atoms with van der Waals surface area (Å²) in [6, 6.07) is 5.33. The van der Waals surface area contributed by atoms with E-state index >= 15 is 0 Å². The fourth-order valence-corrected chi connectivity index (χ4v) is 1.23. The zero-order chi connectivity index (χ0) is 11.8. The first-order chi connectivity index (χ1) is 7.76. The fourth-order valence-electron chi connectivity index (χ4n) is 1.23. The van der Waals surface area contributed by atoms with E-state index in [9.17, 15) is 0 Å². The van der Waals surface area contributed by atoms with Crippen molar-refractivity contribution in [2.24, 2.45) is 0 Å². The van der Waals surface area contributed by atoms with E-state index in [1.807, 2.05) is 13.0 Å². The highest BCUT2D eigenvalue weighted by atomic mass is 16.5. The average molecular weight is 225 g/mol. The van der Waals surface area contributed by atoms with Crippen LogP contribution in [0.3, 0.4) is 0 Å². The van der Waals surface area contributed by atoms with Crippen LogP contribution in [0.1, 0.15) is 19.8 Å². The van der Waals surface area contributed by atoms with Gasteiger partial charge >= 0.3 is 0 Å². The minimum atomic E-state index is 0.126. The summed E-state index contributed by atoms with van der Waals surface area (Å²) >= 11 is 0. The van der Waals surface area contributed by atoms with Crippen molar-refractivity contribution in [3.05, 3.63) is 18.2 Å². The number of benzene rings is 1. The number of hydrogen-bond donors (Lipinski definition) is 2. The zero-order valence-electron chi connectivity index (χ0n) is 9.61. The molecular formula is C12H19NO3. The van der Waals surface area contributed by atoms with E-state index in [1.165, 1.54) is 0 Å². The lowest BCUT2D eigenvalue weighted by atomic mass is 10.3. The summed E-state index contributed by atoms with van der Waals surface area (Å²) in [4.78, 5) is 0. The maximum Gasteiger partial charge on any atom is 0.125 e. The summed E-state index contributed by atoms with van der Waals surface area (Å²) in [5, 5.41) is 8.64. The van der Waals surface area contributed by atoms with Crippen LogP contribution in [-0.2, 0) is 0 Å². The second-order valence-electron chi connectivity index (χ2n) is 3.51.